The Morgan fingerprint density at radius 2 is 2.24 bits per heavy atom. The molecule has 0 aromatic carbocycles. The third kappa shape index (κ3) is 3.53. The second kappa shape index (κ2) is 6.89. The summed E-state index contributed by atoms with van der Waals surface area (Å²) >= 11 is 0. The maximum absolute atomic E-state index is 12.3. The van der Waals surface area contributed by atoms with Crippen LogP contribution in [0.25, 0.3) is 0 Å². The molecular formula is C16H24N2O3. The van der Waals surface area contributed by atoms with Crippen molar-refractivity contribution in [1.29, 1.82) is 0 Å². The number of aryl methyl sites for hydroxylation is 1. The number of carbonyl (C=O) groups is 1. The van der Waals surface area contributed by atoms with E-state index < -0.39 is 0 Å². The van der Waals surface area contributed by atoms with Gasteiger partial charge < -0.3 is 14.6 Å². The van der Waals surface area contributed by atoms with Gasteiger partial charge in [0.05, 0.1) is 12.0 Å². The summed E-state index contributed by atoms with van der Waals surface area (Å²) in [5, 5.41) is 2.89. The van der Waals surface area contributed by atoms with E-state index in [0.29, 0.717) is 5.56 Å². The zero-order valence-electron chi connectivity index (χ0n) is 13.0. The van der Waals surface area contributed by atoms with E-state index in [2.05, 4.69) is 5.32 Å². The molecular weight excluding hydrogens is 268 g/mol. The molecule has 1 fully saturated rings. The van der Waals surface area contributed by atoms with Crippen molar-refractivity contribution in [3.05, 3.63) is 33.7 Å². The van der Waals surface area contributed by atoms with Crippen molar-refractivity contribution in [3.63, 3.8) is 0 Å². The molecule has 1 aromatic rings. The van der Waals surface area contributed by atoms with Crippen molar-refractivity contribution >= 4 is 5.91 Å². The van der Waals surface area contributed by atoms with Gasteiger partial charge in [-0.3, -0.25) is 9.59 Å². The minimum Gasteiger partial charge on any atom is -0.377 e. The monoisotopic (exact) mass is 292 g/mol. The zero-order chi connectivity index (χ0) is 15.4. The van der Waals surface area contributed by atoms with E-state index in [0.717, 1.165) is 31.6 Å². The van der Waals surface area contributed by atoms with Crippen LogP contribution in [-0.4, -0.2) is 23.2 Å². The second-order valence-electron chi connectivity index (χ2n) is 5.65. The average molecular weight is 292 g/mol. The van der Waals surface area contributed by atoms with Crippen LogP contribution in [0.5, 0.6) is 0 Å². The summed E-state index contributed by atoms with van der Waals surface area (Å²) in [5.74, 6) is -0.109. The molecule has 5 heteroatoms. The van der Waals surface area contributed by atoms with Crippen molar-refractivity contribution in [3.8, 4) is 0 Å². The van der Waals surface area contributed by atoms with Gasteiger partial charge in [-0.05, 0) is 32.3 Å². The summed E-state index contributed by atoms with van der Waals surface area (Å²) in [4.78, 5) is 24.4. The molecule has 0 unspecified atom stereocenters. The molecule has 116 valence electrons. The number of ether oxygens (including phenoxy) is 1. The van der Waals surface area contributed by atoms with Crippen molar-refractivity contribution in [2.24, 2.45) is 13.0 Å². The van der Waals surface area contributed by atoms with Gasteiger partial charge in [0.25, 0.3) is 5.56 Å². The van der Waals surface area contributed by atoms with Gasteiger partial charge in [0.2, 0.25) is 5.91 Å². The summed E-state index contributed by atoms with van der Waals surface area (Å²) in [6.45, 7) is 4.93. The molecule has 0 saturated carbocycles. The van der Waals surface area contributed by atoms with E-state index in [1.807, 2.05) is 19.9 Å². The number of rotatable bonds is 4. The summed E-state index contributed by atoms with van der Waals surface area (Å²) < 4.78 is 7.24. The average Bonchev–Trinajstić information content (AvgIpc) is 2.51. The van der Waals surface area contributed by atoms with Crippen LogP contribution < -0.4 is 10.9 Å². The fourth-order valence-electron chi connectivity index (χ4n) is 2.77. The molecule has 2 rings (SSSR count). The molecule has 2 heterocycles. The number of carbonyl (C=O) groups excluding carboxylic acids is 1. The topological polar surface area (TPSA) is 60.3 Å². The Bertz CT molecular complexity index is 565. The number of nitrogens with zero attached hydrogens (tertiary/aromatic N) is 1. The molecule has 1 amide bonds. The first kappa shape index (κ1) is 15.8. The highest BCUT2D eigenvalue weighted by atomic mass is 16.5. The first-order chi connectivity index (χ1) is 10.0. The van der Waals surface area contributed by atoms with Gasteiger partial charge in [-0.1, -0.05) is 13.0 Å². The predicted molar refractivity (Wildman–Crippen MR) is 81.0 cm³/mol. The van der Waals surface area contributed by atoms with Crippen molar-refractivity contribution < 1.29 is 9.53 Å². The third-order valence-electron chi connectivity index (χ3n) is 4.27. The molecule has 1 aliphatic heterocycles. The van der Waals surface area contributed by atoms with E-state index >= 15 is 0 Å². The Morgan fingerprint density at radius 1 is 1.48 bits per heavy atom. The minimum atomic E-state index is -0.0990. The molecule has 2 atom stereocenters. The van der Waals surface area contributed by atoms with Crippen LogP contribution in [0.1, 0.15) is 37.4 Å². The Balaban J connectivity index is 2.01. The standard InChI is InChI=1S/C16H24N2O3/c1-4-14-13(6-5-9-21-14)15(19)17-10-12-8-7-11(2)18(3)16(12)20/h7-8,13-14H,4-6,9-10H2,1-3H3,(H,17,19)/t13-,14+/m1/s1. The fraction of sp³-hybridized carbons (Fsp3) is 0.625. The molecule has 0 bridgehead atoms. The van der Waals surface area contributed by atoms with Crippen molar-refractivity contribution in [2.75, 3.05) is 6.61 Å². The van der Waals surface area contributed by atoms with Gasteiger partial charge in [0, 0.05) is 31.5 Å². The highest BCUT2D eigenvalue weighted by Crippen LogP contribution is 2.23. The van der Waals surface area contributed by atoms with Crippen LogP contribution in [0.3, 0.4) is 0 Å². The van der Waals surface area contributed by atoms with Crippen LogP contribution in [0.2, 0.25) is 0 Å². The van der Waals surface area contributed by atoms with E-state index in [1.54, 1.807) is 17.7 Å². The van der Waals surface area contributed by atoms with Gasteiger partial charge in [-0.2, -0.15) is 0 Å². The smallest absolute Gasteiger partial charge is 0.255 e. The van der Waals surface area contributed by atoms with Gasteiger partial charge in [0.1, 0.15) is 0 Å². The summed E-state index contributed by atoms with van der Waals surface area (Å²) in [7, 11) is 1.74. The zero-order valence-corrected chi connectivity index (χ0v) is 13.0. The lowest BCUT2D eigenvalue weighted by molar-refractivity contribution is -0.134. The highest BCUT2D eigenvalue weighted by molar-refractivity contribution is 5.79. The number of pyridine rings is 1. The van der Waals surface area contributed by atoms with E-state index in [-0.39, 0.29) is 30.0 Å². The molecule has 0 radical (unpaired) electrons. The molecule has 1 N–H and O–H groups in total. The Kier molecular flexibility index (Phi) is 5.17. The third-order valence-corrected chi connectivity index (χ3v) is 4.27. The first-order valence-corrected chi connectivity index (χ1v) is 7.59. The number of nitrogens with one attached hydrogen (secondary N) is 1. The van der Waals surface area contributed by atoms with E-state index in [9.17, 15) is 9.59 Å². The lowest BCUT2D eigenvalue weighted by Gasteiger charge is -2.30. The number of hydrogen-bond donors (Lipinski definition) is 1. The van der Waals surface area contributed by atoms with E-state index in [4.69, 9.17) is 4.74 Å². The summed E-state index contributed by atoms with van der Waals surface area (Å²) in [6.07, 6.45) is 2.61. The number of amides is 1. The summed E-state index contributed by atoms with van der Waals surface area (Å²) in [5.41, 5.74) is 1.46. The quantitative estimate of drug-likeness (QED) is 0.915. The van der Waals surface area contributed by atoms with Crippen LogP contribution >= 0.6 is 0 Å². The van der Waals surface area contributed by atoms with Crippen LogP contribution in [-0.2, 0) is 23.1 Å². The SMILES string of the molecule is CC[C@@H]1OCCC[C@H]1C(=O)NCc1ccc(C)n(C)c1=O. The number of aromatic nitrogens is 1. The molecule has 21 heavy (non-hydrogen) atoms. The highest BCUT2D eigenvalue weighted by Gasteiger charge is 2.30. The molecule has 1 aromatic heterocycles. The molecule has 1 saturated heterocycles. The van der Waals surface area contributed by atoms with Crippen LogP contribution in [0.15, 0.2) is 16.9 Å². The maximum atomic E-state index is 12.3. The normalized spacial score (nSPS) is 22.0. The number of hydrogen-bond acceptors (Lipinski definition) is 3. The van der Waals surface area contributed by atoms with Gasteiger partial charge in [0.15, 0.2) is 0 Å². The van der Waals surface area contributed by atoms with Gasteiger partial charge >= 0.3 is 0 Å². The molecule has 0 spiro atoms. The second-order valence-corrected chi connectivity index (χ2v) is 5.65. The fourth-order valence-corrected chi connectivity index (χ4v) is 2.77. The minimum absolute atomic E-state index is 0.000370. The molecule has 1 aliphatic rings. The lowest BCUT2D eigenvalue weighted by Crippen LogP contribution is -2.41. The maximum Gasteiger partial charge on any atom is 0.255 e. The van der Waals surface area contributed by atoms with Gasteiger partial charge in [-0.25, -0.2) is 0 Å². The van der Waals surface area contributed by atoms with Crippen LogP contribution in [0, 0.1) is 12.8 Å². The van der Waals surface area contributed by atoms with Gasteiger partial charge in [-0.15, -0.1) is 0 Å². The first-order valence-electron chi connectivity index (χ1n) is 7.59. The molecule has 5 nitrogen and oxygen atoms in total. The molecule has 0 aliphatic carbocycles. The van der Waals surface area contributed by atoms with Crippen LogP contribution in [0.4, 0.5) is 0 Å². The Hall–Kier alpha value is -1.62. The predicted octanol–water partition coefficient (Wildman–Crippen LogP) is 1.52. The summed E-state index contributed by atoms with van der Waals surface area (Å²) in [6, 6.07) is 3.67. The van der Waals surface area contributed by atoms with E-state index in [1.165, 1.54) is 0 Å². The van der Waals surface area contributed by atoms with Crippen molar-refractivity contribution in [1.82, 2.24) is 9.88 Å². The van der Waals surface area contributed by atoms with Crippen molar-refractivity contribution in [2.45, 2.75) is 45.8 Å². The Labute approximate surface area is 125 Å². The lowest BCUT2D eigenvalue weighted by atomic mass is 9.92. The Morgan fingerprint density at radius 3 is 2.95 bits per heavy atom. The largest absolute Gasteiger partial charge is 0.377 e.